The van der Waals surface area contributed by atoms with E-state index in [2.05, 4.69) is 25.9 Å². The molecule has 0 fully saturated rings. The Kier molecular flexibility index (Phi) is 7.81. The van der Waals surface area contributed by atoms with E-state index in [0.29, 0.717) is 32.8 Å². The fraction of sp³-hybridized carbons (Fsp3) is 0.138. The maximum atomic E-state index is 14.9. The number of anilines is 2. The van der Waals surface area contributed by atoms with Crippen LogP contribution in [0.1, 0.15) is 46.3 Å². The van der Waals surface area contributed by atoms with E-state index in [1.807, 2.05) is 0 Å². The van der Waals surface area contributed by atoms with E-state index in [4.69, 9.17) is 0 Å². The lowest BCUT2D eigenvalue weighted by Crippen LogP contribution is -2.34. The molecule has 208 valence electrons. The van der Waals surface area contributed by atoms with Crippen molar-refractivity contribution in [2.45, 2.75) is 19.1 Å². The molecule has 4 aromatic rings. The molecule has 0 aliphatic carbocycles. The van der Waals surface area contributed by atoms with Crippen LogP contribution in [0.15, 0.2) is 78.1 Å². The molecule has 12 heteroatoms. The predicted octanol–water partition coefficient (Wildman–Crippen LogP) is 3.87. The molecule has 0 radical (unpaired) electrons. The highest BCUT2D eigenvalue weighted by Gasteiger charge is 2.25. The summed E-state index contributed by atoms with van der Waals surface area (Å²) in [5, 5.41) is 8.10. The van der Waals surface area contributed by atoms with Crippen LogP contribution in [-0.2, 0) is 9.59 Å². The standard InChI is InChI=1S/C29H24F2N6O4/c30-23-7-2-1-5-19(23)26(31)37-12-4-6-20(29(37)41)27(39)33-11-3-8-25(38)35-17-9-10-24-21(13-17)22(28(40)36-24)14-18-15-32-16-34-18/h1-2,4-7,9-10,12-16,26H,3,8,11H2,(H,32,34)(H,33,39)(H,35,38)(H,36,40). The molecule has 2 aromatic carbocycles. The highest BCUT2D eigenvalue weighted by atomic mass is 19.1. The fourth-order valence-electron chi connectivity index (χ4n) is 4.36. The summed E-state index contributed by atoms with van der Waals surface area (Å²) in [7, 11) is 0. The Morgan fingerprint density at radius 3 is 2.71 bits per heavy atom. The van der Waals surface area contributed by atoms with Gasteiger partial charge in [-0.05, 0) is 48.9 Å². The average molecular weight is 559 g/mol. The summed E-state index contributed by atoms with van der Waals surface area (Å²) in [5.41, 5.74) is 1.28. The highest BCUT2D eigenvalue weighted by Crippen LogP contribution is 2.35. The highest BCUT2D eigenvalue weighted by molar-refractivity contribution is 6.35. The van der Waals surface area contributed by atoms with Crippen molar-refractivity contribution >= 4 is 40.7 Å². The molecule has 0 saturated carbocycles. The molecule has 10 nitrogen and oxygen atoms in total. The lowest BCUT2D eigenvalue weighted by Gasteiger charge is -2.14. The number of imidazole rings is 1. The zero-order valence-corrected chi connectivity index (χ0v) is 21.5. The number of hydrogen-bond donors (Lipinski definition) is 4. The summed E-state index contributed by atoms with van der Waals surface area (Å²) < 4.78 is 29.6. The van der Waals surface area contributed by atoms with Gasteiger partial charge >= 0.3 is 0 Å². The molecule has 1 unspecified atom stereocenters. The molecular formula is C29H24F2N6O4. The first-order valence-electron chi connectivity index (χ1n) is 12.7. The Hall–Kier alpha value is -5.39. The number of rotatable bonds is 9. The van der Waals surface area contributed by atoms with Crippen molar-refractivity contribution in [3.05, 3.63) is 112 Å². The van der Waals surface area contributed by atoms with Gasteiger partial charge in [0.1, 0.15) is 11.4 Å². The number of nitrogens with zero attached hydrogens (tertiary/aromatic N) is 2. The van der Waals surface area contributed by atoms with Crippen molar-refractivity contribution in [2.24, 2.45) is 0 Å². The van der Waals surface area contributed by atoms with Gasteiger partial charge in [0.15, 0.2) is 0 Å². The number of pyridine rings is 1. The van der Waals surface area contributed by atoms with Gasteiger partial charge in [-0.15, -0.1) is 0 Å². The van der Waals surface area contributed by atoms with E-state index in [1.54, 1.807) is 30.5 Å². The van der Waals surface area contributed by atoms with E-state index in [1.165, 1.54) is 36.7 Å². The van der Waals surface area contributed by atoms with E-state index < -0.39 is 23.6 Å². The number of aromatic nitrogens is 3. The zero-order chi connectivity index (χ0) is 28.9. The number of fused-ring (bicyclic) bond motifs is 1. The van der Waals surface area contributed by atoms with Crippen LogP contribution in [0.3, 0.4) is 0 Å². The fourth-order valence-corrected chi connectivity index (χ4v) is 4.36. The maximum absolute atomic E-state index is 14.9. The Bertz CT molecular complexity index is 1710. The monoisotopic (exact) mass is 558 g/mol. The normalized spacial score (nSPS) is 13.9. The Balaban J connectivity index is 1.15. The van der Waals surface area contributed by atoms with Crippen LogP contribution < -0.4 is 21.5 Å². The topological polar surface area (TPSA) is 138 Å². The van der Waals surface area contributed by atoms with Gasteiger partial charge in [0.25, 0.3) is 17.4 Å². The van der Waals surface area contributed by atoms with Crippen molar-refractivity contribution in [1.82, 2.24) is 19.9 Å². The first kappa shape index (κ1) is 27.2. The zero-order valence-electron chi connectivity index (χ0n) is 21.5. The molecule has 3 amide bonds. The predicted molar refractivity (Wildman–Crippen MR) is 148 cm³/mol. The lowest BCUT2D eigenvalue weighted by molar-refractivity contribution is -0.116. The van der Waals surface area contributed by atoms with Crippen molar-refractivity contribution in [3.63, 3.8) is 0 Å². The van der Waals surface area contributed by atoms with Gasteiger partial charge in [0.2, 0.25) is 12.2 Å². The number of amides is 3. The minimum atomic E-state index is -2.11. The average Bonchev–Trinajstić information content (AvgIpc) is 3.59. The first-order chi connectivity index (χ1) is 19.8. The number of carbonyl (C=O) groups excluding carboxylic acids is 3. The van der Waals surface area contributed by atoms with Crippen LogP contribution in [0.5, 0.6) is 0 Å². The van der Waals surface area contributed by atoms with Crippen LogP contribution >= 0.6 is 0 Å². The van der Waals surface area contributed by atoms with Gasteiger partial charge in [-0.3, -0.25) is 23.7 Å². The van der Waals surface area contributed by atoms with Crippen molar-refractivity contribution in [1.29, 1.82) is 0 Å². The van der Waals surface area contributed by atoms with Gasteiger partial charge in [-0.1, -0.05) is 18.2 Å². The molecule has 4 N–H and O–H groups in total. The third kappa shape index (κ3) is 5.96. The van der Waals surface area contributed by atoms with Crippen LogP contribution in [0.25, 0.3) is 11.6 Å². The first-order valence-corrected chi connectivity index (χ1v) is 12.7. The molecule has 0 bridgehead atoms. The van der Waals surface area contributed by atoms with E-state index in [-0.39, 0.29) is 42.3 Å². The number of nitrogens with one attached hydrogen (secondary N) is 4. The van der Waals surface area contributed by atoms with Crippen LogP contribution in [-0.4, -0.2) is 38.8 Å². The number of halogens is 2. The van der Waals surface area contributed by atoms with Gasteiger partial charge in [-0.25, -0.2) is 13.8 Å². The SMILES string of the molecule is O=C(CCCNC(=O)c1cccn(C(F)c2ccccc2F)c1=O)Nc1ccc2c(c1)C(=Cc1cnc[nH]1)C(=O)N2. The molecule has 1 aliphatic heterocycles. The summed E-state index contributed by atoms with van der Waals surface area (Å²) >= 11 is 0. The number of hydrogen-bond acceptors (Lipinski definition) is 5. The summed E-state index contributed by atoms with van der Waals surface area (Å²) in [6.45, 7) is 0.0760. The number of alkyl halides is 1. The van der Waals surface area contributed by atoms with Gasteiger partial charge in [-0.2, -0.15) is 0 Å². The van der Waals surface area contributed by atoms with Crippen LogP contribution in [0, 0.1) is 5.82 Å². The summed E-state index contributed by atoms with van der Waals surface area (Å²) in [4.78, 5) is 57.1. The summed E-state index contributed by atoms with van der Waals surface area (Å²) in [6.07, 6.45) is 4.10. The third-order valence-electron chi connectivity index (χ3n) is 6.40. The molecule has 1 atom stereocenters. The van der Waals surface area contributed by atoms with Crippen molar-refractivity contribution in [3.8, 4) is 0 Å². The second-order valence-corrected chi connectivity index (χ2v) is 9.18. The quantitative estimate of drug-likeness (QED) is 0.183. The molecule has 0 spiro atoms. The maximum Gasteiger partial charge on any atom is 0.266 e. The Morgan fingerprint density at radius 2 is 1.93 bits per heavy atom. The molecule has 5 rings (SSSR count). The second-order valence-electron chi connectivity index (χ2n) is 9.18. The van der Waals surface area contributed by atoms with E-state index >= 15 is 0 Å². The largest absolute Gasteiger partial charge is 0.352 e. The molecule has 1 aliphatic rings. The Morgan fingerprint density at radius 1 is 1.10 bits per heavy atom. The van der Waals surface area contributed by atoms with Crippen molar-refractivity contribution in [2.75, 3.05) is 17.2 Å². The summed E-state index contributed by atoms with van der Waals surface area (Å²) in [5.74, 6) is -2.13. The Labute approximate surface area is 232 Å². The minimum absolute atomic E-state index is 0.0598. The number of benzene rings is 2. The smallest absolute Gasteiger partial charge is 0.266 e. The van der Waals surface area contributed by atoms with Gasteiger partial charge in [0.05, 0.1) is 23.8 Å². The molecule has 0 saturated heterocycles. The second kappa shape index (κ2) is 11.8. The lowest BCUT2D eigenvalue weighted by atomic mass is 10.1. The molecule has 41 heavy (non-hydrogen) atoms. The minimum Gasteiger partial charge on any atom is -0.352 e. The van der Waals surface area contributed by atoms with E-state index in [0.717, 1.165) is 12.3 Å². The number of H-pyrrole nitrogens is 1. The van der Waals surface area contributed by atoms with Crippen LogP contribution in [0.2, 0.25) is 0 Å². The molecule has 3 heterocycles. The van der Waals surface area contributed by atoms with E-state index in [9.17, 15) is 28.0 Å². The number of aromatic amines is 1. The van der Waals surface area contributed by atoms with Crippen LogP contribution in [0.4, 0.5) is 20.2 Å². The molecule has 2 aromatic heterocycles. The van der Waals surface area contributed by atoms with Gasteiger partial charge in [0, 0.05) is 41.7 Å². The molecular weight excluding hydrogens is 534 g/mol. The third-order valence-corrected chi connectivity index (χ3v) is 6.40. The van der Waals surface area contributed by atoms with Gasteiger partial charge < -0.3 is 20.9 Å². The van der Waals surface area contributed by atoms with Crippen molar-refractivity contribution < 1.29 is 23.2 Å². The summed E-state index contributed by atoms with van der Waals surface area (Å²) in [6, 6.07) is 12.8. The number of carbonyl (C=O) groups is 3.